The third kappa shape index (κ3) is 3.15. The van der Waals surface area contributed by atoms with Gasteiger partial charge >= 0.3 is 5.97 Å². The Bertz CT molecular complexity index is 596. The van der Waals surface area contributed by atoms with Gasteiger partial charge in [0.25, 0.3) is 0 Å². The van der Waals surface area contributed by atoms with E-state index in [1.54, 1.807) is 25.6 Å². The van der Waals surface area contributed by atoms with Gasteiger partial charge in [-0.2, -0.15) is 0 Å². The van der Waals surface area contributed by atoms with E-state index >= 15 is 0 Å². The maximum atomic E-state index is 11.6. The Kier molecular flexibility index (Phi) is 4.35. The Labute approximate surface area is 118 Å². The molecule has 0 saturated heterocycles. The zero-order valence-corrected chi connectivity index (χ0v) is 11.5. The second kappa shape index (κ2) is 6.19. The third-order valence-corrected chi connectivity index (χ3v) is 3.34. The average molecular weight is 271 g/mol. The lowest BCUT2D eigenvalue weighted by Gasteiger charge is -2.16. The van der Waals surface area contributed by atoms with Crippen molar-refractivity contribution in [2.75, 3.05) is 7.11 Å². The topological polar surface area (TPSA) is 59.4 Å². The molecule has 1 unspecified atom stereocenters. The first-order chi connectivity index (χ1) is 9.61. The molecule has 0 aliphatic carbocycles. The van der Waals surface area contributed by atoms with Crippen LogP contribution >= 0.6 is 0 Å². The van der Waals surface area contributed by atoms with Gasteiger partial charge in [-0.3, -0.25) is 9.78 Å². The normalized spacial score (nSPS) is 11.9. The fourth-order valence-electron chi connectivity index (χ4n) is 2.25. The number of aliphatic carboxylic acids is 1. The van der Waals surface area contributed by atoms with E-state index in [-0.39, 0.29) is 0 Å². The molecular weight excluding hydrogens is 254 g/mol. The number of benzene rings is 1. The minimum atomic E-state index is -0.824. The lowest BCUT2D eigenvalue weighted by atomic mass is 9.89. The highest BCUT2D eigenvalue weighted by Gasteiger charge is 2.22. The Balaban J connectivity index is 2.32. The standard InChI is InChI=1S/C16H17NO3/c1-11-9-13(20-2)3-4-14(11)15(16(18)19)10-12-5-7-17-8-6-12/h3-9,15H,10H2,1-2H3,(H,18,19). The SMILES string of the molecule is COc1ccc(C(Cc2ccncc2)C(=O)O)c(C)c1. The van der Waals surface area contributed by atoms with Crippen LogP contribution in [-0.4, -0.2) is 23.2 Å². The summed E-state index contributed by atoms with van der Waals surface area (Å²) in [4.78, 5) is 15.5. The summed E-state index contributed by atoms with van der Waals surface area (Å²) in [5, 5.41) is 9.49. The van der Waals surface area contributed by atoms with Gasteiger partial charge in [0.2, 0.25) is 0 Å². The summed E-state index contributed by atoms with van der Waals surface area (Å²) in [5.74, 6) is -0.655. The Morgan fingerprint density at radius 1 is 1.30 bits per heavy atom. The van der Waals surface area contributed by atoms with E-state index in [0.29, 0.717) is 6.42 Å². The highest BCUT2D eigenvalue weighted by molar-refractivity contribution is 5.77. The summed E-state index contributed by atoms with van der Waals surface area (Å²) in [7, 11) is 1.60. The number of pyridine rings is 1. The number of carbonyl (C=O) groups is 1. The molecule has 4 nitrogen and oxygen atoms in total. The van der Waals surface area contributed by atoms with E-state index in [0.717, 1.165) is 22.4 Å². The quantitative estimate of drug-likeness (QED) is 0.908. The molecule has 2 aromatic rings. The number of carboxylic acid groups (broad SMARTS) is 1. The van der Waals surface area contributed by atoms with Crippen molar-refractivity contribution in [3.8, 4) is 5.75 Å². The monoisotopic (exact) mass is 271 g/mol. The molecule has 0 radical (unpaired) electrons. The van der Waals surface area contributed by atoms with Gasteiger partial charge in [0.15, 0.2) is 0 Å². The largest absolute Gasteiger partial charge is 0.497 e. The van der Waals surface area contributed by atoms with Gasteiger partial charge in [-0.25, -0.2) is 0 Å². The number of hydrogen-bond acceptors (Lipinski definition) is 3. The van der Waals surface area contributed by atoms with Crippen molar-refractivity contribution in [1.82, 2.24) is 4.98 Å². The fraction of sp³-hybridized carbons (Fsp3) is 0.250. The van der Waals surface area contributed by atoms with Crippen LogP contribution in [0.1, 0.15) is 22.6 Å². The van der Waals surface area contributed by atoms with Crippen LogP contribution in [0.2, 0.25) is 0 Å². The summed E-state index contributed by atoms with van der Waals surface area (Å²) in [6.07, 6.45) is 3.80. The van der Waals surface area contributed by atoms with Crippen molar-refractivity contribution in [2.45, 2.75) is 19.3 Å². The molecule has 0 spiro atoms. The zero-order valence-electron chi connectivity index (χ0n) is 11.5. The molecule has 1 aromatic heterocycles. The molecule has 1 atom stereocenters. The minimum absolute atomic E-state index is 0.449. The van der Waals surface area contributed by atoms with Crippen LogP contribution in [0.5, 0.6) is 5.75 Å². The van der Waals surface area contributed by atoms with Crippen molar-refractivity contribution in [1.29, 1.82) is 0 Å². The van der Waals surface area contributed by atoms with Gasteiger partial charge in [-0.15, -0.1) is 0 Å². The van der Waals surface area contributed by atoms with Gasteiger partial charge in [0.1, 0.15) is 5.75 Å². The molecule has 0 bridgehead atoms. The second-order valence-corrected chi connectivity index (χ2v) is 4.67. The molecule has 1 heterocycles. The number of aromatic nitrogens is 1. The van der Waals surface area contributed by atoms with Crippen LogP contribution in [0, 0.1) is 6.92 Å². The summed E-state index contributed by atoms with van der Waals surface area (Å²) in [6, 6.07) is 9.17. The minimum Gasteiger partial charge on any atom is -0.497 e. The number of nitrogens with zero attached hydrogens (tertiary/aromatic N) is 1. The predicted molar refractivity (Wildman–Crippen MR) is 76.0 cm³/mol. The van der Waals surface area contributed by atoms with Crippen LogP contribution in [0.25, 0.3) is 0 Å². The van der Waals surface area contributed by atoms with Crippen LogP contribution in [0.3, 0.4) is 0 Å². The molecule has 0 aliphatic heterocycles. The third-order valence-electron chi connectivity index (χ3n) is 3.34. The van der Waals surface area contributed by atoms with Gasteiger partial charge in [-0.1, -0.05) is 6.07 Å². The van der Waals surface area contributed by atoms with E-state index in [1.165, 1.54) is 0 Å². The zero-order chi connectivity index (χ0) is 14.5. The maximum Gasteiger partial charge on any atom is 0.311 e. The Hall–Kier alpha value is -2.36. The van der Waals surface area contributed by atoms with Crippen LogP contribution < -0.4 is 4.74 Å². The van der Waals surface area contributed by atoms with Gasteiger partial charge in [0.05, 0.1) is 13.0 Å². The van der Waals surface area contributed by atoms with Crippen LogP contribution in [-0.2, 0) is 11.2 Å². The molecule has 104 valence electrons. The van der Waals surface area contributed by atoms with Crippen molar-refractivity contribution in [2.24, 2.45) is 0 Å². The lowest BCUT2D eigenvalue weighted by molar-refractivity contribution is -0.138. The Morgan fingerprint density at radius 3 is 2.55 bits per heavy atom. The summed E-state index contributed by atoms with van der Waals surface area (Å²) in [6.45, 7) is 1.90. The first-order valence-electron chi connectivity index (χ1n) is 6.38. The van der Waals surface area contributed by atoms with Crippen molar-refractivity contribution >= 4 is 5.97 Å². The van der Waals surface area contributed by atoms with E-state index in [9.17, 15) is 9.90 Å². The van der Waals surface area contributed by atoms with Gasteiger partial charge < -0.3 is 9.84 Å². The van der Waals surface area contributed by atoms with E-state index < -0.39 is 11.9 Å². The molecule has 0 saturated carbocycles. The number of hydrogen-bond donors (Lipinski definition) is 1. The molecule has 0 fully saturated rings. The lowest BCUT2D eigenvalue weighted by Crippen LogP contribution is -2.15. The highest BCUT2D eigenvalue weighted by atomic mass is 16.5. The van der Waals surface area contributed by atoms with Crippen molar-refractivity contribution in [3.05, 3.63) is 59.4 Å². The maximum absolute atomic E-state index is 11.6. The Morgan fingerprint density at radius 2 is 2.00 bits per heavy atom. The first kappa shape index (κ1) is 14.1. The molecule has 20 heavy (non-hydrogen) atoms. The van der Waals surface area contributed by atoms with Crippen LogP contribution in [0.4, 0.5) is 0 Å². The summed E-state index contributed by atoms with van der Waals surface area (Å²) >= 11 is 0. The number of aryl methyl sites for hydroxylation is 1. The predicted octanol–water partition coefficient (Wildman–Crippen LogP) is 2.81. The highest BCUT2D eigenvalue weighted by Crippen LogP contribution is 2.27. The number of methoxy groups -OCH3 is 1. The molecular formula is C16H17NO3. The first-order valence-corrected chi connectivity index (χ1v) is 6.38. The van der Waals surface area contributed by atoms with E-state index in [4.69, 9.17) is 4.74 Å². The van der Waals surface area contributed by atoms with Crippen molar-refractivity contribution < 1.29 is 14.6 Å². The average Bonchev–Trinajstić information content (AvgIpc) is 2.46. The van der Waals surface area contributed by atoms with E-state index in [1.807, 2.05) is 31.2 Å². The van der Waals surface area contributed by atoms with Crippen LogP contribution in [0.15, 0.2) is 42.7 Å². The van der Waals surface area contributed by atoms with E-state index in [2.05, 4.69) is 4.98 Å². The molecule has 0 aliphatic rings. The number of rotatable bonds is 5. The molecule has 4 heteroatoms. The van der Waals surface area contributed by atoms with Gasteiger partial charge in [-0.05, 0) is 54.3 Å². The van der Waals surface area contributed by atoms with Crippen molar-refractivity contribution in [3.63, 3.8) is 0 Å². The number of carboxylic acids is 1. The number of ether oxygens (including phenoxy) is 1. The summed E-state index contributed by atoms with van der Waals surface area (Å²) < 4.78 is 5.15. The molecule has 0 amide bonds. The molecule has 2 rings (SSSR count). The summed E-state index contributed by atoms with van der Waals surface area (Å²) in [5.41, 5.74) is 2.70. The fourth-order valence-corrected chi connectivity index (χ4v) is 2.25. The molecule has 1 N–H and O–H groups in total. The molecule has 1 aromatic carbocycles. The smallest absolute Gasteiger partial charge is 0.311 e. The van der Waals surface area contributed by atoms with Gasteiger partial charge in [0, 0.05) is 12.4 Å². The second-order valence-electron chi connectivity index (χ2n) is 4.67.